The van der Waals surface area contributed by atoms with Crippen molar-refractivity contribution in [3.63, 3.8) is 0 Å². The molecule has 0 heterocycles. The highest BCUT2D eigenvalue weighted by molar-refractivity contribution is 6.18. The van der Waals surface area contributed by atoms with E-state index in [1.807, 2.05) is 0 Å². The first-order valence-corrected chi connectivity index (χ1v) is 5.38. The number of hydrogen-bond donors (Lipinski definition) is 0. The molecule has 1 amide bonds. The molecule has 0 aliphatic rings. The van der Waals surface area contributed by atoms with Gasteiger partial charge in [0.15, 0.2) is 0 Å². The van der Waals surface area contributed by atoms with E-state index < -0.39 is 11.7 Å². The van der Waals surface area contributed by atoms with Crippen LogP contribution >= 0.6 is 11.6 Å². The van der Waals surface area contributed by atoms with E-state index in [9.17, 15) is 18.0 Å². The standard InChI is InChI=1S/C11H11ClF3NO/c1-16(7-6-12)10(17)8-2-4-9(5-3-8)11(13,14)15/h2-5H,6-7H2,1H3. The van der Waals surface area contributed by atoms with Crippen molar-refractivity contribution in [3.8, 4) is 0 Å². The molecule has 0 spiro atoms. The van der Waals surface area contributed by atoms with Crippen molar-refractivity contribution < 1.29 is 18.0 Å². The van der Waals surface area contributed by atoms with E-state index in [1.54, 1.807) is 7.05 Å². The Morgan fingerprint density at radius 1 is 1.29 bits per heavy atom. The van der Waals surface area contributed by atoms with Gasteiger partial charge in [0.05, 0.1) is 5.56 Å². The molecule has 17 heavy (non-hydrogen) atoms. The Morgan fingerprint density at radius 2 is 1.82 bits per heavy atom. The minimum Gasteiger partial charge on any atom is -0.341 e. The summed E-state index contributed by atoms with van der Waals surface area (Å²) in [7, 11) is 1.54. The van der Waals surface area contributed by atoms with Crippen molar-refractivity contribution >= 4 is 17.5 Å². The van der Waals surface area contributed by atoms with Crippen LogP contribution in [0.5, 0.6) is 0 Å². The quantitative estimate of drug-likeness (QED) is 0.770. The first kappa shape index (κ1) is 13.8. The Balaban J connectivity index is 2.84. The Kier molecular flexibility index (Phi) is 4.40. The van der Waals surface area contributed by atoms with E-state index >= 15 is 0 Å². The van der Waals surface area contributed by atoms with Crippen molar-refractivity contribution in [1.29, 1.82) is 0 Å². The molecule has 0 aromatic heterocycles. The lowest BCUT2D eigenvalue weighted by Crippen LogP contribution is -2.28. The molecule has 0 fully saturated rings. The van der Waals surface area contributed by atoms with Crippen LogP contribution in [0.2, 0.25) is 0 Å². The predicted molar refractivity (Wildman–Crippen MR) is 59.1 cm³/mol. The fourth-order valence-corrected chi connectivity index (χ4v) is 1.50. The van der Waals surface area contributed by atoms with E-state index in [0.29, 0.717) is 6.54 Å². The number of alkyl halides is 4. The predicted octanol–water partition coefficient (Wildman–Crippen LogP) is 3.02. The SMILES string of the molecule is CN(CCCl)C(=O)c1ccc(C(F)(F)F)cc1. The van der Waals surface area contributed by atoms with E-state index in [4.69, 9.17) is 11.6 Å². The van der Waals surface area contributed by atoms with Crippen molar-refractivity contribution in [1.82, 2.24) is 4.90 Å². The summed E-state index contributed by atoms with van der Waals surface area (Å²) >= 11 is 5.47. The number of carbonyl (C=O) groups is 1. The lowest BCUT2D eigenvalue weighted by atomic mass is 10.1. The van der Waals surface area contributed by atoms with Gasteiger partial charge in [0.25, 0.3) is 5.91 Å². The van der Waals surface area contributed by atoms with Gasteiger partial charge in [-0.25, -0.2) is 0 Å². The molecule has 0 saturated carbocycles. The number of benzene rings is 1. The second-order valence-electron chi connectivity index (χ2n) is 3.49. The van der Waals surface area contributed by atoms with Crippen LogP contribution in [0.25, 0.3) is 0 Å². The lowest BCUT2D eigenvalue weighted by Gasteiger charge is -2.15. The normalized spacial score (nSPS) is 11.4. The molecule has 0 N–H and O–H groups in total. The molecule has 0 atom stereocenters. The molecular formula is C11H11ClF3NO. The molecule has 0 aliphatic carbocycles. The molecule has 94 valence electrons. The summed E-state index contributed by atoms with van der Waals surface area (Å²) in [5.74, 6) is -0.0672. The summed E-state index contributed by atoms with van der Waals surface area (Å²) in [6, 6.07) is 4.11. The van der Waals surface area contributed by atoms with Gasteiger partial charge < -0.3 is 4.90 Å². The fourth-order valence-electron chi connectivity index (χ4n) is 1.25. The number of hydrogen-bond acceptors (Lipinski definition) is 1. The molecule has 0 unspecified atom stereocenters. The van der Waals surface area contributed by atoms with Crippen LogP contribution in [0.3, 0.4) is 0 Å². The van der Waals surface area contributed by atoms with E-state index in [0.717, 1.165) is 24.3 Å². The van der Waals surface area contributed by atoms with Crippen molar-refractivity contribution in [3.05, 3.63) is 35.4 Å². The molecule has 0 bridgehead atoms. The minimum absolute atomic E-state index is 0.214. The molecule has 6 heteroatoms. The lowest BCUT2D eigenvalue weighted by molar-refractivity contribution is -0.137. The first-order valence-electron chi connectivity index (χ1n) is 4.85. The minimum atomic E-state index is -4.39. The number of nitrogens with zero attached hydrogens (tertiary/aromatic N) is 1. The molecule has 1 aromatic rings. The Morgan fingerprint density at radius 3 is 2.24 bits per heavy atom. The third-order valence-corrected chi connectivity index (χ3v) is 2.39. The van der Waals surface area contributed by atoms with Crippen LogP contribution in [0.15, 0.2) is 24.3 Å². The highest BCUT2D eigenvalue weighted by Gasteiger charge is 2.30. The van der Waals surface area contributed by atoms with Crippen LogP contribution in [0.4, 0.5) is 13.2 Å². The Bertz CT molecular complexity index is 389. The van der Waals surface area contributed by atoms with Gasteiger partial charge in [-0.3, -0.25) is 4.79 Å². The maximum absolute atomic E-state index is 12.3. The number of rotatable bonds is 3. The Hall–Kier alpha value is -1.23. The molecule has 1 rings (SSSR count). The van der Waals surface area contributed by atoms with Gasteiger partial charge in [0.1, 0.15) is 0 Å². The van der Waals surface area contributed by atoms with Crippen LogP contribution in [0, 0.1) is 0 Å². The van der Waals surface area contributed by atoms with Gasteiger partial charge in [-0.1, -0.05) is 0 Å². The topological polar surface area (TPSA) is 20.3 Å². The average molecular weight is 266 g/mol. The van der Waals surface area contributed by atoms with Crippen molar-refractivity contribution in [2.75, 3.05) is 19.5 Å². The maximum atomic E-state index is 12.3. The summed E-state index contributed by atoms with van der Waals surface area (Å²) in [6.07, 6.45) is -4.39. The number of carbonyl (C=O) groups excluding carboxylic acids is 1. The number of amides is 1. The fraction of sp³-hybridized carbons (Fsp3) is 0.364. The molecule has 0 radical (unpaired) electrons. The molecule has 1 aromatic carbocycles. The highest BCUT2D eigenvalue weighted by atomic mass is 35.5. The van der Waals surface area contributed by atoms with E-state index in [2.05, 4.69) is 0 Å². The Labute approximate surface area is 102 Å². The monoisotopic (exact) mass is 265 g/mol. The first-order chi connectivity index (χ1) is 7.86. The maximum Gasteiger partial charge on any atom is 0.416 e. The summed E-state index contributed by atoms with van der Waals surface area (Å²) in [5, 5.41) is 0. The second-order valence-corrected chi connectivity index (χ2v) is 3.87. The summed E-state index contributed by atoms with van der Waals surface area (Å²) < 4.78 is 36.9. The van der Waals surface area contributed by atoms with Crippen molar-refractivity contribution in [2.24, 2.45) is 0 Å². The van der Waals surface area contributed by atoms with Crippen molar-refractivity contribution in [2.45, 2.75) is 6.18 Å². The van der Waals surface area contributed by atoms with Crippen LogP contribution in [-0.4, -0.2) is 30.3 Å². The highest BCUT2D eigenvalue weighted by Crippen LogP contribution is 2.29. The van der Waals surface area contributed by atoms with Gasteiger partial charge >= 0.3 is 6.18 Å². The summed E-state index contributed by atoms with van der Waals surface area (Å²) in [5.41, 5.74) is -0.556. The zero-order valence-electron chi connectivity index (χ0n) is 9.09. The van der Waals surface area contributed by atoms with Gasteiger partial charge in [-0.05, 0) is 24.3 Å². The summed E-state index contributed by atoms with van der Waals surface area (Å²) in [4.78, 5) is 13.0. The van der Waals surface area contributed by atoms with Gasteiger partial charge in [0, 0.05) is 25.0 Å². The smallest absolute Gasteiger partial charge is 0.341 e. The largest absolute Gasteiger partial charge is 0.416 e. The zero-order chi connectivity index (χ0) is 13.1. The third-order valence-electron chi connectivity index (χ3n) is 2.23. The van der Waals surface area contributed by atoms with Crippen LogP contribution in [0.1, 0.15) is 15.9 Å². The second kappa shape index (κ2) is 5.40. The van der Waals surface area contributed by atoms with E-state index in [1.165, 1.54) is 4.90 Å². The number of halogens is 4. The van der Waals surface area contributed by atoms with E-state index in [-0.39, 0.29) is 17.4 Å². The zero-order valence-corrected chi connectivity index (χ0v) is 9.85. The molecule has 0 aliphatic heterocycles. The summed E-state index contributed by atoms with van der Waals surface area (Å²) in [6.45, 7) is 0.349. The molecule has 0 saturated heterocycles. The van der Waals surface area contributed by atoms with Gasteiger partial charge in [-0.15, -0.1) is 11.6 Å². The molecule has 2 nitrogen and oxygen atoms in total. The third kappa shape index (κ3) is 3.63. The van der Waals surface area contributed by atoms with Gasteiger partial charge in [0.2, 0.25) is 0 Å². The van der Waals surface area contributed by atoms with Gasteiger partial charge in [-0.2, -0.15) is 13.2 Å². The van der Waals surface area contributed by atoms with Crippen LogP contribution < -0.4 is 0 Å². The van der Waals surface area contributed by atoms with Crippen LogP contribution in [-0.2, 0) is 6.18 Å². The average Bonchev–Trinajstić information content (AvgIpc) is 2.27. The molecular weight excluding hydrogens is 255 g/mol.